The minimum atomic E-state index is -0.136. The average molecular weight is 284 g/mol. The zero-order valence-electron chi connectivity index (χ0n) is 12.3. The number of carbonyl (C=O) groups is 1. The first-order chi connectivity index (χ1) is 10.1. The fraction of sp³-hybridized carbons (Fsp3) is 0.250. The Kier molecular flexibility index (Phi) is 4.77. The SMILES string of the molecule is CCc1nn(C)cc1CNC(=O)/C=C/c1cccc(N)c1. The number of nitrogen functional groups attached to an aromatic ring is 1. The molecule has 0 fully saturated rings. The summed E-state index contributed by atoms with van der Waals surface area (Å²) in [6, 6.07) is 7.39. The van der Waals surface area contributed by atoms with Crippen LogP contribution in [0.1, 0.15) is 23.7 Å². The summed E-state index contributed by atoms with van der Waals surface area (Å²) in [6.07, 6.45) is 6.04. The molecule has 1 aromatic heterocycles. The minimum Gasteiger partial charge on any atom is -0.399 e. The van der Waals surface area contributed by atoms with Crippen molar-refractivity contribution >= 4 is 17.7 Å². The second-order valence-corrected chi connectivity index (χ2v) is 4.85. The Bertz CT molecular complexity index is 658. The van der Waals surface area contributed by atoms with Gasteiger partial charge in [0.1, 0.15) is 0 Å². The third-order valence-electron chi connectivity index (χ3n) is 3.12. The molecule has 0 saturated carbocycles. The lowest BCUT2D eigenvalue weighted by Crippen LogP contribution is -2.20. The number of aromatic nitrogens is 2. The number of carbonyl (C=O) groups excluding carboxylic acids is 1. The summed E-state index contributed by atoms with van der Waals surface area (Å²) < 4.78 is 1.77. The Morgan fingerprint density at radius 1 is 1.48 bits per heavy atom. The topological polar surface area (TPSA) is 72.9 Å². The molecule has 3 N–H and O–H groups in total. The lowest BCUT2D eigenvalue weighted by molar-refractivity contribution is -0.116. The van der Waals surface area contributed by atoms with E-state index in [2.05, 4.69) is 10.4 Å². The molecule has 21 heavy (non-hydrogen) atoms. The van der Waals surface area contributed by atoms with Gasteiger partial charge in [0, 0.05) is 37.1 Å². The predicted molar refractivity (Wildman–Crippen MR) is 84.3 cm³/mol. The summed E-state index contributed by atoms with van der Waals surface area (Å²) in [5, 5.41) is 7.21. The van der Waals surface area contributed by atoms with Crippen molar-refractivity contribution in [3.05, 3.63) is 53.4 Å². The zero-order chi connectivity index (χ0) is 15.2. The highest BCUT2D eigenvalue weighted by Crippen LogP contribution is 2.08. The van der Waals surface area contributed by atoms with Crippen molar-refractivity contribution in [2.75, 3.05) is 5.73 Å². The van der Waals surface area contributed by atoms with E-state index in [0.29, 0.717) is 12.2 Å². The number of nitrogens with one attached hydrogen (secondary N) is 1. The number of benzene rings is 1. The van der Waals surface area contributed by atoms with Crippen molar-refractivity contribution in [1.82, 2.24) is 15.1 Å². The lowest BCUT2D eigenvalue weighted by Gasteiger charge is -2.01. The van der Waals surface area contributed by atoms with Crippen LogP contribution >= 0.6 is 0 Å². The van der Waals surface area contributed by atoms with E-state index in [-0.39, 0.29) is 5.91 Å². The molecule has 2 aromatic rings. The maximum atomic E-state index is 11.8. The first kappa shape index (κ1) is 14.8. The van der Waals surface area contributed by atoms with Crippen LogP contribution in [0.5, 0.6) is 0 Å². The van der Waals surface area contributed by atoms with E-state index in [1.165, 1.54) is 6.08 Å². The average Bonchev–Trinajstić information content (AvgIpc) is 2.83. The summed E-state index contributed by atoms with van der Waals surface area (Å²) >= 11 is 0. The Morgan fingerprint density at radius 3 is 3.00 bits per heavy atom. The van der Waals surface area contributed by atoms with E-state index >= 15 is 0 Å². The van der Waals surface area contributed by atoms with Gasteiger partial charge < -0.3 is 11.1 Å². The van der Waals surface area contributed by atoms with Gasteiger partial charge in [-0.2, -0.15) is 5.10 Å². The van der Waals surface area contributed by atoms with Gasteiger partial charge in [0.25, 0.3) is 0 Å². The fourth-order valence-corrected chi connectivity index (χ4v) is 2.10. The molecular weight excluding hydrogens is 264 g/mol. The summed E-state index contributed by atoms with van der Waals surface area (Å²) in [6.45, 7) is 2.53. The molecule has 0 unspecified atom stereocenters. The molecule has 0 atom stereocenters. The quantitative estimate of drug-likeness (QED) is 0.650. The van der Waals surface area contributed by atoms with E-state index in [1.807, 2.05) is 44.4 Å². The van der Waals surface area contributed by atoms with Crippen molar-refractivity contribution in [3.8, 4) is 0 Å². The van der Waals surface area contributed by atoms with E-state index in [0.717, 1.165) is 23.2 Å². The Hall–Kier alpha value is -2.56. The Morgan fingerprint density at radius 2 is 2.29 bits per heavy atom. The van der Waals surface area contributed by atoms with Crippen molar-refractivity contribution in [3.63, 3.8) is 0 Å². The summed E-state index contributed by atoms with van der Waals surface area (Å²) in [7, 11) is 1.88. The number of aryl methyl sites for hydroxylation is 2. The maximum Gasteiger partial charge on any atom is 0.244 e. The van der Waals surface area contributed by atoms with E-state index in [1.54, 1.807) is 10.8 Å². The van der Waals surface area contributed by atoms with Gasteiger partial charge in [-0.05, 0) is 30.2 Å². The number of hydrogen-bond donors (Lipinski definition) is 2. The molecule has 0 aliphatic rings. The zero-order valence-corrected chi connectivity index (χ0v) is 12.3. The first-order valence-corrected chi connectivity index (χ1v) is 6.91. The van der Waals surface area contributed by atoms with E-state index in [4.69, 9.17) is 5.73 Å². The lowest BCUT2D eigenvalue weighted by atomic mass is 10.2. The molecule has 1 heterocycles. The van der Waals surface area contributed by atoms with Crippen molar-refractivity contribution in [1.29, 1.82) is 0 Å². The van der Waals surface area contributed by atoms with Gasteiger partial charge in [-0.1, -0.05) is 19.1 Å². The molecule has 0 radical (unpaired) electrons. The summed E-state index contributed by atoms with van der Waals surface area (Å²) in [5.74, 6) is -0.136. The van der Waals surface area contributed by atoms with Crippen LogP contribution in [0, 0.1) is 0 Å². The highest BCUT2D eigenvalue weighted by atomic mass is 16.1. The summed E-state index contributed by atoms with van der Waals surface area (Å²) in [5.41, 5.74) is 9.33. The molecule has 2 rings (SSSR count). The monoisotopic (exact) mass is 284 g/mol. The van der Waals surface area contributed by atoms with Crippen LogP contribution < -0.4 is 11.1 Å². The van der Waals surface area contributed by atoms with Crippen LogP contribution in [-0.2, 0) is 24.8 Å². The predicted octanol–water partition coefficient (Wildman–Crippen LogP) is 1.89. The normalized spacial score (nSPS) is 11.0. The van der Waals surface area contributed by atoms with Crippen molar-refractivity contribution < 1.29 is 4.79 Å². The number of nitrogens with zero attached hydrogens (tertiary/aromatic N) is 2. The van der Waals surface area contributed by atoms with Crippen LogP contribution in [0.25, 0.3) is 6.08 Å². The minimum absolute atomic E-state index is 0.136. The molecule has 0 aliphatic carbocycles. The number of anilines is 1. The first-order valence-electron chi connectivity index (χ1n) is 6.91. The molecule has 5 nitrogen and oxygen atoms in total. The molecule has 1 amide bonds. The number of nitrogens with two attached hydrogens (primary N) is 1. The largest absolute Gasteiger partial charge is 0.399 e. The van der Waals surface area contributed by atoms with Crippen molar-refractivity contribution in [2.45, 2.75) is 19.9 Å². The molecule has 0 aliphatic heterocycles. The molecule has 0 spiro atoms. The molecule has 0 bridgehead atoms. The van der Waals surface area contributed by atoms with E-state index < -0.39 is 0 Å². The second kappa shape index (κ2) is 6.74. The van der Waals surface area contributed by atoms with Gasteiger partial charge in [0.2, 0.25) is 5.91 Å². The van der Waals surface area contributed by atoms with Crippen LogP contribution in [-0.4, -0.2) is 15.7 Å². The van der Waals surface area contributed by atoms with Crippen LogP contribution in [0.4, 0.5) is 5.69 Å². The maximum absolute atomic E-state index is 11.8. The molecule has 110 valence electrons. The third-order valence-corrected chi connectivity index (χ3v) is 3.12. The van der Waals surface area contributed by atoms with Gasteiger partial charge in [0.05, 0.1) is 5.69 Å². The van der Waals surface area contributed by atoms with Crippen LogP contribution in [0.2, 0.25) is 0 Å². The van der Waals surface area contributed by atoms with Gasteiger partial charge in [-0.15, -0.1) is 0 Å². The van der Waals surface area contributed by atoms with Crippen molar-refractivity contribution in [2.24, 2.45) is 7.05 Å². The highest BCUT2D eigenvalue weighted by molar-refractivity contribution is 5.91. The van der Waals surface area contributed by atoms with Crippen LogP contribution in [0.15, 0.2) is 36.5 Å². The molecule has 0 saturated heterocycles. The smallest absolute Gasteiger partial charge is 0.244 e. The second-order valence-electron chi connectivity index (χ2n) is 4.85. The van der Waals surface area contributed by atoms with Crippen LogP contribution in [0.3, 0.4) is 0 Å². The molecule has 1 aromatic carbocycles. The third kappa shape index (κ3) is 4.21. The van der Waals surface area contributed by atoms with E-state index in [9.17, 15) is 4.79 Å². The van der Waals surface area contributed by atoms with Gasteiger partial charge in [-0.3, -0.25) is 9.48 Å². The van der Waals surface area contributed by atoms with Gasteiger partial charge >= 0.3 is 0 Å². The number of amides is 1. The number of rotatable bonds is 5. The standard InChI is InChI=1S/C16H20N4O/c1-3-15-13(11-20(2)19-15)10-18-16(21)8-7-12-5-4-6-14(17)9-12/h4-9,11H,3,10,17H2,1-2H3,(H,18,21)/b8-7+. The Labute approximate surface area is 124 Å². The number of hydrogen-bond acceptors (Lipinski definition) is 3. The summed E-state index contributed by atoms with van der Waals surface area (Å²) in [4.78, 5) is 11.8. The molecular formula is C16H20N4O. The van der Waals surface area contributed by atoms with Gasteiger partial charge in [0.15, 0.2) is 0 Å². The molecule has 5 heteroatoms. The van der Waals surface area contributed by atoms with Gasteiger partial charge in [-0.25, -0.2) is 0 Å². The fourth-order valence-electron chi connectivity index (χ4n) is 2.10. The Balaban J connectivity index is 1.93. The highest BCUT2D eigenvalue weighted by Gasteiger charge is 2.06.